The summed E-state index contributed by atoms with van der Waals surface area (Å²) >= 11 is 0. The van der Waals surface area contributed by atoms with Crippen LogP contribution in [0.1, 0.15) is 32.1 Å². The summed E-state index contributed by atoms with van der Waals surface area (Å²) in [6.45, 7) is 0. The lowest BCUT2D eigenvalue weighted by molar-refractivity contribution is -0.146. The summed E-state index contributed by atoms with van der Waals surface area (Å²) in [6.07, 6.45) is 6.41. The van der Waals surface area contributed by atoms with Crippen molar-refractivity contribution in [1.29, 1.82) is 0 Å². The first-order chi connectivity index (χ1) is 5.70. The second-order valence-electron chi connectivity index (χ2n) is 3.03. The molecule has 1 saturated carbocycles. The van der Waals surface area contributed by atoms with Gasteiger partial charge in [-0.05, 0) is 31.8 Å². The minimum atomic E-state index is -1.35. The van der Waals surface area contributed by atoms with Crippen LogP contribution < -0.4 is 0 Å². The lowest BCUT2D eigenvalue weighted by Gasteiger charge is -2.12. The molecular formula is C9H12O3. The van der Waals surface area contributed by atoms with Gasteiger partial charge >= 0.3 is 5.97 Å². The molecule has 0 amide bonds. The summed E-state index contributed by atoms with van der Waals surface area (Å²) in [4.78, 5) is 20.9. The Morgan fingerprint density at radius 2 is 1.75 bits per heavy atom. The van der Waals surface area contributed by atoms with Crippen molar-refractivity contribution in [3.8, 4) is 0 Å². The van der Waals surface area contributed by atoms with Crippen LogP contribution in [0.25, 0.3) is 0 Å². The Morgan fingerprint density at radius 1 is 1.17 bits per heavy atom. The van der Waals surface area contributed by atoms with Crippen molar-refractivity contribution in [2.75, 3.05) is 0 Å². The molecule has 0 spiro atoms. The van der Waals surface area contributed by atoms with Gasteiger partial charge in [0.05, 0.1) is 0 Å². The van der Waals surface area contributed by atoms with Crippen LogP contribution in [0.3, 0.4) is 0 Å². The minimum absolute atomic E-state index is 0.785. The molecule has 3 heteroatoms. The third kappa shape index (κ3) is 2.49. The highest BCUT2D eigenvalue weighted by atomic mass is 16.4. The Hall–Kier alpha value is -1.12. The van der Waals surface area contributed by atoms with E-state index in [-0.39, 0.29) is 0 Å². The van der Waals surface area contributed by atoms with Gasteiger partial charge in [-0.3, -0.25) is 4.79 Å². The molecule has 1 N–H and O–H groups in total. The fourth-order valence-corrected chi connectivity index (χ4v) is 1.40. The van der Waals surface area contributed by atoms with E-state index in [1.54, 1.807) is 0 Å². The number of ketones is 1. The Bertz CT molecular complexity index is 220. The topological polar surface area (TPSA) is 54.4 Å². The Balaban J connectivity index is 2.54. The van der Waals surface area contributed by atoms with Crippen molar-refractivity contribution in [1.82, 2.24) is 0 Å². The number of allylic oxidation sites excluding steroid dienone is 1. The van der Waals surface area contributed by atoms with E-state index in [1.165, 1.54) is 12.5 Å². The first-order valence-corrected chi connectivity index (χ1v) is 4.17. The molecule has 0 atom stereocenters. The van der Waals surface area contributed by atoms with Gasteiger partial charge in [-0.2, -0.15) is 0 Å². The van der Waals surface area contributed by atoms with Gasteiger partial charge in [0.25, 0.3) is 5.78 Å². The first kappa shape index (κ1) is 8.97. The first-order valence-electron chi connectivity index (χ1n) is 4.17. The Kier molecular flexibility index (Phi) is 3.02. The van der Waals surface area contributed by atoms with E-state index < -0.39 is 11.8 Å². The van der Waals surface area contributed by atoms with Gasteiger partial charge in [0.1, 0.15) is 0 Å². The fraction of sp³-hybridized carbons (Fsp3) is 0.556. The molecule has 0 aliphatic heterocycles. The number of carboxylic acids is 1. The summed E-state index contributed by atoms with van der Waals surface area (Å²) in [7, 11) is 0. The van der Waals surface area contributed by atoms with Crippen LogP contribution in [0.15, 0.2) is 11.6 Å². The Morgan fingerprint density at radius 3 is 2.25 bits per heavy atom. The van der Waals surface area contributed by atoms with Crippen molar-refractivity contribution in [3.63, 3.8) is 0 Å². The van der Waals surface area contributed by atoms with E-state index in [1.807, 2.05) is 0 Å². The molecule has 0 aromatic rings. The minimum Gasteiger partial charge on any atom is -0.475 e. The van der Waals surface area contributed by atoms with Gasteiger partial charge in [-0.25, -0.2) is 4.79 Å². The maximum absolute atomic E-state index is 10.7. The third-order valence-corrected chi connectivity index (χ3v) is 2.04. The zero-order valence-electron chi connectivity index (χ0n) is 6.88. The number of aliphatic carboxylic acids is 1. The smallest absolute Gasteiger partial charge is 0.376 e. The third-order valence-electron chi connectivity index (χ3n) is 2.04. The summed E-state index contributed by atoms with van der Waals surface area (Å²) in [5, 5.41) is 8.32. The molecule has 1 aliphatic rings. The van der Waals surface area contributed by atoms with Crippen LogP contribution in [0.4, 0.5) is 0 Å². The molecule has 1 fully saturated rings. The van der Waals surface area contributed by atoms with Crippen LogP contribution in [-0.2, 0) is 9.59 Å². The molecule has 0 aromatic heterocycles. The van der Waals surface area contributed by atoms with Gasteiger partial charge in [0.2, 0.25) is 0 Å². The van der Waals surface area contributed by atoms with Gasteiger partial charge < -0.3 is 5.11 Å². The van der Waals surface area contributed by atoms with Gasteiger partial charge in [-0.1, -0.05) is 12.0 Å². The molecule has 0 radical (unpaired) electrons. The largest absolute Gasteiger partial charge is 0.475 e. The SMILES string of the molecule is O=C(O)C(=O)C=C1CCCCC1. The van der Waals surface area contributed by atoms with Crippen LogP contribution in [0.5, 0.6) is 0 Å². The number of carboxylic acid groups (broad SMARTS) is 1. The number of carbonyl (C=O) groups excluding carboxylic acids is 1. The second kappa shape index (κ2) is 4.04. The molecule has 0 heterocycles. The maximum Gasteiger partial charge on any atom is 0.376 e. The lowest BCUT2D eigenvalue weighted by atomic mass is 9.94. The molecule has 12 heavy (non-hydrogen) atoms. The lowest BCUT2D eigenvalue weighted by Crippen LogP contribution is -2.10. The average Bonchev–Trinajstić information content (AvgIpc) is 2.06. The normalized spacial score (nSPS) is 17.2. The van der Waals surface area contributed by atoms with E-state index in [4.69, 9.17) is 5.11 Å². The highest BCUT2D eigenvalue weighted by Gasteiger charge is 2.11. The van der Waals surface area contributed by atoms with E-state index in [9.17, 15) is 9.59 Å². The molecule has 0 aromatic carbocycles. The highest BCUT2D eigenvalue weighted by molar-refractivity contribution is 6.37. The maximum atomic E-state index is 10.7. The average molecular weight is 168 g/mol. The fourth-order valence-electron chi connectivity index (χ4n) is 1.40. The molecule has 1 aliphatic carbocycles. The van der Waals surface area contributed by atoms with Crippen molar-refractivity contribution < 1.29 is 14.7 Å². The van der Waals surface area contributed by atoms with Crippen molar-refractivity contribution in [2.24, 2.45) is 0 Å². The van der Waals surface area contributed by atoms with E-state index in [0.29, 0.717) is 0 Å². The second-order valence-corrected chi connectivity index (χ2v) is 3.03. The van der Waals surface area contributed by atoms with Gasteiger partial charge in [0, 0.05) is 0 Å². The number of rotatable bonds is 2. The van der Waals surface area contributed by atoms with Gasteiger partial charge in [-0.15, -0.1) is 0 Å². The summed E-state index contributed by atoms with van der Waals surface area (Å²) in [5.41, 5.74) is 0.994. The van der Waals surface area contributed by atoms with Gasteiger partial charge in [0.15, 0.2) is 0 Å². The molecular weight excluding hydrogens is 156 g/mol. The summed E-state index contributed by atoms with van der Waals surface area (Å²) < 4.78 is 0. The molecule has 3 nitrogen and oxygen atoms in total. The molecule has 66 valence electrons. The number of carbonyl (C=O) groups is 2. The number of hydrogen-bond acceptors (Lipinski definition) is 2. The quantitative estimate of drug-likeness (QED) is 0.502. The van der Waals surface area contributed by atoms with Crippen molar-refractivity contribution in [2.45, 2.75) is 32.1 Å². The van der Waals surface area contributed by atoms with E-state index >= 15 is 0 Å². The summed E-state index contributed by atoms with van der Waals surface area (Å²) in [5.74, 6) is -2.14. The van der Waals surface area contributed by atoms with E-state index in [2.05, 4.69) is 0 Å². The zero-order valence-corrected chi connectivity index (χ0v) is 6.88. The molecule has 0 saturated heterocycles. The summed E-state index contributed by atoms with van der Waals surface area (Å²) in [6, 6.07) is 0. The molecule has 0 bridgehead atoms. The number of hydrogen-bond donors (Lipinski definition) is 1. The van der Waals surface area contributed by atoms with E-state index in [0.717, 1.165) is 31.3 Å². The van der Waals surface area contributed by atoms with Crippen molar-refractivity contribution in [3.05, 3.63) is 11.6 Å². The van der Waals surface area contributed by atoms with Crippen LogP contribution >= 0.6 is 0 Å². The van der Waals surface area contributed by atoms with Crippen LogP contribution in [0, 0.1) is 0 Å². The standard InChI is InChI=1S/C9H12O3/c10-8(9(11)12)6-7-4-2-1-3-5-7/h6H,1-5H2,(H,11,12). The zero-order chi connectivity index (χ0) is 8.97. The molecule has 1 rings (SSSR count). The van der Waals surface area contributed by atoms with Crippen molar-refractivity contribution >= 4 is 11.8 Å². The predicted octanol–water partition coefficient (Wildman–Crippen LogP) is 1.53. The molecule has 0 unspecified atom stereocenters. The monoisotopic (exact) mass is 168 g/mol. The highest BCUT2D eigenvalue weighted by Crippen LogP contribution is 2.22. The van der Waals surface area contributed by atoms with Crippen LogP contribution in [-0.4, -0.2) is 16.9 Å². The van der Waals surface area contributed by atoms with Crippen LogP contribution in [0.2, 0.25) is 0 Å². The Labute approximate surface area is 71.1 Å². The predicted molar refractivity (Wildman–Crippen MR) is 43.8 cm³/mol.